The lowest BCUT2D eigenvalue weighted by molar-refractivity contribution is 0.0935. The third-order valence-corrected chi connectivity index (χ3v) is 2.85. The van der Waals surface area contributed by atoms with E-state index < -0.39 is 0 Å². The van der Waals surface area contributed by atoms with Gasteiger partial charge in [-0.25, -0.2) is 0 Å². The predicted molar refractivity (Wildman–Crippen MR) is 78.7 cm³/mol. The van der Waals surface area contributed by atoms with Gasteiger partial charge in [-0.15, -0.1) is 0 Å². The van der Waals surface area contributed by atoms with E-state index in [4.69, 9.17) is 4.74 Å². The van der Waals surface area contributed by atoms with Crippen molar-refractivity contribution in [3.8, 4) is 0 Å². The van der Waals surface area contributed by atoms with Crippen molar-refractivity contribution in [2.75, 3.05) is 32.1 Å². The number of carbonyl (C=O) groups excluding carboxylic acids is 1. The lowest BCUT2D eigenvalue weighted by atomic mass is 10.1. The van der Waals surface area contributed by atoms with E-state index in [0.717, 1.165) is 17.8 Å². The van der Waals surface area contributed by atoms with Gasteiger partial charge in [-0.3, -0.25) is 4.79 Å². The maximum Gasteiger partial charge on any atom is 0.253 e. The zero-order valence-electron chi connectivity index (χ0n) is 12.2. The van der Waals surface area contributed by atoms with E-state index in [0.29, 0.717) is 24.6 Å². The highest BCUT2D eigenvalue weighted by atomic mass is 16.5. The number of carbonyl (C=O) groups is 1. The van der Waals surface area contributed by atoms with Gasteiger partial charge >= 0.3 is 0 Å². The molecule has 0 saturated heterocycles. The molecule has 0 aliphatic rings. The Morgan fingerprint density at radius 3 is 2.79 bits per heavy atom. The number of nitrogens with one attached hydrogen (secondary N) is 2. The van der Waals surface area contributed by atoms with Crippen LogP contribution in [0.1, 0.15) is 29.8 Å². The Labute approximate surface area is 115 Å². The van der Waals surface area contributed by atoms with E-state index in [1.807, 2.05) is 39.0 Å². The first-order valence-corrected chi connectivity index (χ1v) is 6.70. The van der Waals surface area contributed by atoms with Crippen LogP contribution in [0.25, 0.3) is 0 Å². The molecule has 0 heterocycles. The van der Waals surface area contributed by atoms with Crippen molar-refractivity contribution in [3.05, 3.63) is 29.3 Å². The van der Waals surface area contributed by atoms with E-state index in [9.17, 15) is 4.79 Å². The van der Waals surface area contributed by atoms with Crippen LogP contribution in [0, 0.1) is 12.8 Å². The molecule has 4 nitrogen and oxygen atoms in total. The highest BCUT2D eigenvalue weighted by Gasteiger charge is 2.12. The van der Waals surface area contributed by atoms with Crippen LogP contribution in [0.15, 0.2) is 18.2 Å². The molecule has 4 heteroatoms. The number of benzene rings is 1. The van der Waals surface area contributed by atoms with Gasteiger partial charge in [0, 0.05) is 25.9 Å². The second-order valence-electron chi connectivity index (χ2n) is 4.85. The highest BCUT2D eigenvalue weighted by molar-refractivity contribution is 5.99. The van der Waals surface area contributed by atoms with Crippen molar-refractivity contribution in [3.63, 3.8) is 0 Å². The molecule has 0 aromatic heterocycles. The molecule has 1 aromatic carbocycles. The second-order valence-corrected chi connectivity index (χ2v) is 4.85. The Morgan fingerprint density at radius 1 is 1.42 bits per heavy atom. The SMILES string of the molecule is CCNc1cc(C)ccc1C(=O)NCC(C)COC. The minimum absolute atomic E-state index is 0.0427. The van der Waals surface area contributed by atoms with Crippen molar-refractivity contribution in [1.29, 1.82) is 0 Å². The lowest BCUT2D eigenvalue weighted by Gasteiger charge is -2.14. The van der Waals surface area contributed by atoms with E-state index >= 15 is 0 Å². The summed E-state index contributed by atoms with van der Waals surface area (Å²) < 4.78 is 5.06. The number of hydrogen-bond donors (Lipinski definition) is 2. The van der Waals surface area contributed by atoms with Crippen LogP contribution in [0.3, 0.4) is 0 Å². The first-order chi connectivity index (χ1) is 9.08. The van der Waals surface area contributed by atoms with Crippen LogP contribution in [0.4, 0.5) is 5.69 Å². The third kappa shape index (κ3) is 4.91. The summed E-state index contributed by atoms with van der Waals surface area (Å²) in [6.07, 6.45) is 0. The number of rotatable bonds is 7. The molecule has 19 heavy (non-hydrogen) atoms. The molecular weight excluding hydrogens is 240 g/mol. The van der Waals surface area contributed by atoms with E-state index in [1.165, 1.54) is 0 Å². The molecule has 0 spiro atoms. The van der Waals surface area contributed by atoms with Gasteiger partial charge in [-0.05, 0) is 37.5 Å². The van der Waals surface area contributed by atoms with Gasteiger partial charge < -0.3 is 15.4 Å². The standard InChI is InChI=1S/C15H24N2O2/c1-5-16-14-8-11(2)6-7-13(14)15(18)17-9-12(3)10-19-4/h6-8,12,16H,5,9-10H2,1-4H3,(H,17,18). The Morgan fingerprint density at radius 2 is 2.16 bits per heavy atom. The fraction of sp³-hybridized carbons (Fsp3) is 0.533. The van der Waals surface area contributed by atoms with Gasteiger partial charge in [0.15, 0.2) is 0 Å². The van der Waals surface area contributed by atoms with Crippen LogP contribution in [-0.4, -0.2) is 32.7 Å². The number of ether oxygens (including phenoxy) is 1. The monoisotopic (exact) mass is 264 g/mol. The Kier molecular flexibility index (Phi) is 6.36. The van der Waals surface area contributed by atoms with Crippen LogP contribution in [0.5, 0.6) is 0 Å². The Bertz CT molecular complexity index is 419. The highest BCUT2D eigenvalue weighted by Crippen LogP contribution is 2.17. The molecule has 0 aliphatic heterocycles. The average Bonchev–Trinajstić information content (AvgIpc) is 2.37. The molecule has 0 saturated carbocycles. The second kappa shape index (κ2) is 7.79. The fourth-order valence-corrected chi connectivity index (χ4v) is 1.90. The Hall–Kier alpha value is -1.55. The van der Waals surface area contributed by atoms with Gasteiger partial charge in [0.1, 0.15) is 0 Å². The van der Waals surface area contributed by atoms with Gasteiger partial charge in [0.25, 0.3) is 5.91 Å². The molecule has 1 unspecified atom stereocenters. The quantitative estimate of drug-likeness (QED) is 0.795. The fourth-order valence-electron chi connectivity index (χ4n) is 1.90. The molecule has 1 aromatic rings. The van der Waals surface area contributed by atoms with Crippen molar-refractivity contribution < 1.29 is 9.53 Å². The summed E-state index contributed by atoms with van der Waals surface area (Å²) in [5.74, 6) is 0.265. The van der Waals surface area contributed by atoms with Crippen LogP contribution >= 0.6 is 0 Å². The summed E-state index contributed by atoms with van der Waals surface area (Å²) in [4.78, 5) is 12.2. The van der Waals surface area contributed by atoms with Crippen molar-refractivity contribution in [1.82, 2.24) is 5.32 Å². The zero-order chi connectivity index (χ0) is 14.3. The third-order valence-electron chi connectivity index (χ3n) is 2.85. The molecule has 106 valence electrons. The predicted octanol–water partition coefficient (Wildman–Crippen LogP) is 2.44. The number of anilines is 1. The summed E-state index contributed by atoms with van der Waals surface area (Å²) in [7, 11) is 1.67. The number of amides is 1. The lowest BCUT2D eigenvalue weighted by Crippen LogP contribution is -2.30. The van der Waals surface area contributed by atoms with Crippen molar-refractivity contribution in [2.24, 2.45) is 5.92 Å². The molecule has 1 atom stereocenters. The van der Waals surface area contributed by atoms with Gasteiger partial charge in [0.05, 0.1) is 12.2 Å². The van der Waals surface area contributed by atoms with Gasteiger partial charge in [0.2, 0.25) is 0 Å². The summed E-state index contributed by atoms with van der Waals surface area (Å²) >= 11 is 0. The van der Waals surface area contributed by atoms with E-state index in [2.05, 4.69) is 10.6 Å². The maximum absolute atomic E-state index is 12.2. The smallest absolute Gasteiger partial charge is 0.253 e. The summed E-state index contributed by atoms with van der Waals surface area (Å²) in [5.41, 5.74) is 2.72. The molecule has 0 radical (unpaired) electrons. The Balaban J connectivity index is 2.70. The molecule has 0 bridgehead atoms. The summed E-state index contributed by atoms with van der Waals surface area (Å²) in [6.45, 7) is 8.14. The van der Waals surface area contributed by atoms with Crippen molar-refractivity contribution >= 4 is 11.6 Å². The van der Waals surface area contributed by atoms with E-state index in [1.54, 1.807) is 7.11 Å². The van der Waals surface area contributed by atoms with Gasteiger partial charge in [-0.2, -0.15) is 0 Å². The largest absolute Gasteiger partial charge is 0.385 e. The summed E-state index contributed by atoms with van der Waals surface area (Å²) in [5, 5.41) is 6.17. The summed E-state index contributed by atoms with van der Waals surface area (Å²) in [6, 6.07) is 5.81. The average molecular weight is 264 g/mol. The van der Waals surface area contributed by atoms with Gasteiger partial charge in [-0.1, -0.05) is 13.0 Å². The minimum atomic E-state index is -0.0427. The van der Waals surface area contributed by atoms with Crippen LogP contribution in [-0.2, 0) is 4.74 Å². The first-order valence-electron chi connectivity index (χ1n) is 6.70. The molecular formula is C15H24N2O2. The normalized spacial score (nSPS) is 12.0. The topological polar surface area (TPSA) is 50.4 Å². The van der Waals surface area contributed by atoms with Crippen LogP contribution in [0.2, 0.25) is 0 Å². The zero-order valence-corrected chi connectivity index (χ0v) is 12.2. The number of aryl methyl sites for hydroxylation is 1. The first kappa shape index (κ1) is 15.5. The molecule has 0 aliphatic carbocycles. The van der Waals surface area contributed by atoms with E-state index in [-0.39, 0.29) is 5.91 Å². The molecule has 1 rings (SSSR count). The number of hydrogen-bond acceptors (Lipinski definition) is 3. The molecule has 1 amide bonds. The number of methoxy groups -OCH3 is 1. The molecule has 0 fully saturated rings. The molecule has 2 N–H and O–H groups in total. The minimum Gasteiger partial charge on any atom is -0.385 e. The maximum atomic E-state index is 12.2. The van der Waals surface area contributed by atoms with Crippen molar-refractivity contribution in [2.45, 2.75) is 20.8 Å². The van der Waals surface area contributed by atoms with Crippen LogP contribution < -0.4 is 10.6 Å².